The van der Waals surface area contributed by atoms with Gasteiger partial charge in [-0.1, -0.05) is 31.1 Å². The molecule has 0 heterocycles. The van der Waals surface area contributed by atoms with Crippen molar-refractivity contribution in [3.63, 3.8) is 0 Å². The smallest absolute Gasteiger partial charge is 0.170 e. The minimum atomic E-state index is 0.180. The highest BCUT2D eigenvalue weighted by Crippen LogP contribution is 2.45. The predicted molar refractivity (Wildman–Crippen MR) is 55.8 cm³/mol. The van der Waals surface area contributed by atoms with Crippen LogP contribution >= 0.6 is 0 Å². The highest BCUT2D eigenvalue weighted by atomic mass is 16.4. The molecule has 3 N–H and O–H groups in total. The molecule has 2 unspecified atom stereocenters. The zero-order valence-electron chi connectivity index (χ0n) is 8.36. The average Bonchev–Trinajstić information content (AvgIpc) is 2.26. The second kappa shape index (κ2) is 3.01. The van der Waals surface area contributed by atoms with E-state index in [9.17, 15) is 0 Å². The molecule has 3 heteroatoms. The van der Waals surface area contributed by atoms with Crippen LogP contribution in [0.4, 0.5) is 0 Å². The second-order valence-corrected chi connectivity index (χ2v) is 3.91. The first-order valence-corrected chi connectivity index (χ1v) is 4.77. The maximum atomic E-state index is 8.55. The number of nitrogens with two attached hydrogens (primary N) is 1. The van der Waals surface area contributed by atoms with Gasteiger partial charge in [-0.2, -0.15) is 0 Å². The van der Waals surface area contributed by atoms with E-state index in [1.807, 2.05) is 12.1 Å². The first kappa shape index (κ1) is 9.06. The van der Waals surface area contributed by atoms with E-state index in [1.165, 1.54) is 11.1 Å². The number of hydrogen-bond donors (Lipinski definition) is 2. The molecule has 0 saturated heterocycles. The zero-order chi connectivity index (χ0) is 10.3. The molecule has 2 rings (SSSR count). The number of hydrogen-bond acceptors (Lipinski definition) is 2. The van der Waals surface area contributed by atoms with Gasteiger partial charge in [0, 0.05) is 5.56 Å². The van der Waals surface area contributed by atoms with Crippen LogP contribution in [-0.4, -0.2) is 11.0 Å². The standard InChI is InChI=1S/C11H14N2O/c1-6-7(2)10-5-8(11(12)13-14)3-4-9(6)10/h3-7,14H,1-2H3,(H2,12,13). The maximum Gasteiger partial charge on any atom is 0.170 e. The molecule has 0 bridgehead atoms. The summed E-state index contributed by atoms with van der Waals surface area (Å²) in [6.07, 6.45) is 0. The summed E-state index contributed by atoms with van der Waals surface area (Å²) in [6.45, 7) is 4.42. The fourth-order valence-electron chi connectivity index (χ4n) is 2.04. The van der Waals surface area contributed by atoms with E-state index in [0.717, 1.165) is 5.56 Å². The summed E-state index contributed by atoms with van der Waals surface area (Å²) in [5.41, 5.74) is 9.02. The molecular weight excluding hydrogens is 176 g/mol. The number of nitrogens with zero attached hydrogens (tertiary/aromatic N) is 1. The van der Waals surface area contributed by atoms with Crippen molar-refractivity contribution in [3.05, 3.63) is 34.9 Å². The van der Waals surface area contributed by atoms with Crippen LogP contribution in [0.1, 0.15) is 42.4 Å². The van der Waals surface area contributed by atoms with Crippen LogP contribution in [0.3, 0.4) is 0 Å². The molecule has 1 aliphatic rings. The summed E-state index contributed by atoms with van der Waals surface area (Å²) in [4.78, 5) is 0. The molecule has 0 amide bonds. The molecule has 1 aromatic rings. The molecule has 14 heavy (non-hydrogen) atoms. The Kier molecular flexibility index (Phi) is 1.95. The number of fused-ring (bicyclic) bond motifs is 1. The Hall–Kier alpha value is -1.51. The van der Waals surface area contributed by atoms with Crippen molar-refractivity contribution >= 4 is 5.84 Å². The van der Waals surface area contributed by atoms with E-state index < -0.39 is 0 Å². The molecule has 0 saturated carbocycles. The molecule has 1 aliphatic carbocycles. The van der Waals surface area contributed by atoms with Crippen molar-refractivity contribution in [3.8, 4) is 0 Å². The number of rotatable bonds is 1. The maximum absolute atomic E-state index is 8.55. The molecule has 0 spiro atoms. The largest absolute Gasteiger partial charge is 0.409 e. The number of oxime groups is 1. The molecule has 0 radical (unpaired) electrons. The van der Waals surface area contributed by atoms with Gasteiger partial charge >= 0.3 is 0 Å². The third-order valence-electron chi connectivity index (χ3n) is 3.22. The Morgan fingerprint density at radius 3 is 2.57 bits per heavy atom. The van der Waals surface area contributed by atoms with Crippen molar-refractivity contribution in [2.75, 3.05) is 0 Å². The molecule has 1 aromatic carbocycles. The minimum absolute atomic E-state index is 0.180. The molecule has 0 aliphatic heterocycles. The van der Waals surface area contributed by atoms with Crippen molar-refractivity contribution in [1.29, 1.82) is 0 Å². The van der Waals surface area contributed by atoms with Crippen LogP contribution in [-0.2, 0) is 0 Å². The molecule has 0 fully saturated rings. The van der Waals surface area contributed by atoms with E-state index >= 15 is 0 Å². The highest BCUT2D eigenvalue weighted by Gasteiger charge is 2.30. The lowest BCUT2D eigenvalue weighted by molar-refractivity contribution is 0.318. The molecule has 0 aromatic heterocycles. The lowest BCUT2D eigenvalue weighted by Gasteiger charge is -2.35. The van der Waals surface area contributed by atoms with E-state index in [2.05, 4.69) is 25.1 Å². The van der Waals surface area contributed by atoms with E-state index in [4.69, 9.17) is 10.9 Å². The van der Waals surface area contributed by atoms with Gasteiger partial charge in [0.15, 0.2) is 5.84 Å². The topological polar surface area (TPSA) is 58.6 Å². The third kappa shape index (κ3) is 1.09. The average molecular weight is 190 g/mol. The Morgan fingerprint density at radius 2 is 1.93 bits per heavy atom. The van der Waals surface area contributed by atoms with Gasteiger partial charge in [-0.25, -0.2) is 0 Å². The van der Waals surface area contributed by atoms with Crippen molar-refractivity contribution < 1.29 is 5.21 Å². The zero-order valence-corrected chi connectivity index (χ0v) is 8.36. The quantitative estimate of drug-likeness (QED) is 0.308. The van der Waals surface area contributed by atoms with Crippen LogP contribution in [0.2, 0.25) is 0 Å². The van der Waals surface area contributed by atoms with Gasteiger partial charge in [-0.05, 0) is 29.0 Å². The van der Waals surface area contributed by atoms with Gasteiger partial charge in [-0.15, -0.1) is 0 Å². The molecule has 2 atom stereocenters. The Morgan fingerprint density at radius 1 is 1.29 bits per heavy atom. The van der Waals surface area contributed by atoms with Gasteiger partial charge in [-0.3, -0.25) is 0 Å². The van der Waals surface area contributed by atoms with Crippen molar-refractivity contribution in [1.82, 2.24) is 0 Å². The van der Waals surface area contributed by atoms with Gasteiger partial charge in [0.1, 0.15) is 0 Å². The Balaban J connectivity index is 2.42. The van der Waals surface area contributed by atoms with Gasteiger partial charge < -0.3 is 10.9 Å². The second-order valence-electron chi connectivity index (χ2n) is 3.91. The fourth-order valence-corrected chi connectivity index (χ4v) is 2.04. The first-order chi connectivity index (χ1) is 6.65. The SMILES string of the molecule is CC1c2ccc(/C(N)=N\O)cc2C1C. The fraction of sp³-hybridized carbons (Fsp3) is 0.364. The summed E-state index contributed by atoms with van der Waals surface area (Å²) in [5, 5.41) is 11.5. The lowest BCUT2D eigenvalue weighted by Crippen LogP contribution is -2.21. The van der Waals surface area contributed by atoms with Crippen LogP contribution in [0.25, 0.3) is 0 Å². The summed E-state index contributed by atoms with van der Waals surface area (Å²) in [5.74, 6) is 1.39. The summed E-state index contributed by atoms with van der Waals surface area (Å²) < 4.78 is 0. The summed E-state index contributed by atoms with van der Waals surface area (Å²) in [7, 11) is 0. The molecular formula is C11H14N2O. The molecule has 74 valence electrons. The highest BCUT2D eigenvalue weighted by molar-refractivity contribution is 5.97. The summed E-state index contributed by atoms with van der Waals surface area (Å²) >= 11 is 0. The van der Waals surface area contributed by atoms with Crippen LogP contribution < -0.4 is 5.73 Å². The molecule has 3 nitrogen and oxygen atoms in total. The van der Waals surface area contributed by atoms with E-state index in [0.29, 0.717) is 11.8 Å². The first-order valence-electron chi connectivity index (χ1n) is 4.77. The normalized spacial score (nSPS) is 25.4. The minimum Gasteiger partial charge on any atom is -0.409 e. The monoisotopic (exact) mass is 190 g/mol. The number of amidine groups is 1. The Labute approximate surface area is 83.2 Å². The summed E-state index contributed by atoms with van der Waals surface area (Å²) in [6, 6.07) is 5.97. The third-order valence-corrected chi connectivity index (χ3v) is 3.22. The van der Waals surface area contributed by atoms with Crippen molar-refractivity contribution in [2.24, 2.45) is 10.9 Å². The van der Waals surface area contributed by atoms with E-state index in [-0.39, 0.29) is 5.84 Å². The van der Waals surface area contributed by atoms with Crippen LogP contribution in [0, 0.1) is 0 Å². The van der Waals surface area contributed by atoms with Gasteiger partial charge in [0.2, 0.25) is 0 Å². The lowest BCUT2D eigenvalue weighted by atomic mass is 9.69. The van der Waals surface area contributed by atoms with Crippen LogP contribution in [0.15, 0.2) is 23.4 Å². The predicted octanol–water partition coefficient (Wildman–Crippen LogP) is 2.00. The number of benzene rings is 1. The Bertz CT molecular complexity index is 398. The van der Waals surface area contributed by atoms with Crippen molar-refractivity contribution in [2.45, 2.75) is 25.7 Å². The van der Waals surface area contributed by atoms with Gasteiger partial charge in [0.05, 0.1) is 0 Å². The van der Waals surface area contributed by atoms with Gasteiger partial charge in [0.25, 0.3) is 0 Å². The van der Waals surface area contributed by atoms with E-state index in [1.54, 1.807) is 0 Å². The van der Waals surface area contributed by atoms with Crippen LogP contribution in [0.5, 0.6) is 0 Å².